The predicted octanol–water partition coefficient (Wildman–Crippen LogP) is 2.04. The molecule has 1 aromatic carbocycles. The first-order valence-corrected chi connectivity index (χ1v) is 6.00. The van der Waals surface area contributed by atoms with Crippen LogP contribution in [0.5, 0.6) is 0 Å². The lowest BCUT2D eigenvalue weighted by Gasteiger charge is -2.16. The number of aryl methyl sites for hydroxylation is 1. The van der Waals surface area contributed by atoms with E-state index in [1.165, 1.54) is 11.0 Å². The normalized spacial score (nSPS) is 19.2. The number of nitrogens with zero attached hydrogens (tertiary/aromatic N) is 3. The fourth-order valence-electron chi connectivity index (χ4n) is 2.26. The third kappa shape index (κ3) is 2.09. The number of carbonyl (C=O) groups is 1. The highest BCUT2D eigenvalue weighted by atomic mass is 19.1. The van der Waals surface area contributed by atoms with Crippen LogP contribution in [-0.4, -0.2) is 22.6 Å². The molecule has 1 fully saturated rings. The Bertz CT molecular complexity index is 626. The van der Waals surface area contributed by atoms with E-state index < -0.39 is 5.82 Å². The maximum absolute atomic E-state index is 13.7. The molecule has 1 aliphatic heterocycles. The van der Waals surface area contributed by atoms with Crippen LogP contribution >= 0.6 is 0 Å². The van der Waals surface area contributed by atoms with Crippen molar-refractivity contribution in [2.24, 2.45) is 0 Å². The second kappa shape index (κ2) is 4.46. The number of hydrogen-bond acceptors (Lipinski definition) is 4. The Morgan fingerprint density at radius 1 is 1.42 bits per heavy atom. The zero-order valence-electron chi connectivity index (χ0n) is 10.3. The SMILES string of the molecule is Cc1nc(C2CC(=O)N(c3ccccc3F)C2)no1. The van der Waals surface area contributed by atoms with Crippen molar-refractivity contribution in [1.29, 1.82) is 0 Å². The van der Waals surface area contributed by atoms with Crippen molar-refractivity contribution in [3.8, 4) is 0 Å². The van der Waals surface area contributed by atoms with Gasteiger partial charge in [-0.3, -0.25) is 4.79 Å². The van der Waals surface area contributed by atoms with Crippen molar-refractivity contribution in [1.82, 2.24) is 10.1 Å². The average molecular weight is 261 g/mol. The van der Waals surface area contributed by atoms with Gasteiger partial charge in [0.2, 0.25) is 11.8 Å². The van der Waals surface area contributed by atoms with Crippen LogP contribution in [-0.2, 0) is 4.79 Å². The van der Waals surface area contributed by atoms with E-state index in [0.717, 1.165) is 0 Å². The van der Waals surface area contributed by atoms with Crippen molar-refractivity contribution >= 4 is 11.6 Å². The molecule has 2 aromatic rings. The summed E-state index contributed by atoms with van der Waals surface area (Å²) in [5.74, 6) is 0.291. The van der Waals surface area contributed by atoms with E-state index in [0.29, 0.717) is 23.9 Å². The molecular weight excluding hydrogens is 249 g/mol. The zero-order chi connectivity index (χ0) is 13.4. The fourth-order valence-corrected chi connectivity index (χ4v) is 2.26. The lowest BCUT2D eigenvalue weighted by atomic mass is 10.1. The van der Waals surface area contributed by atoms with Crippen LogP contribution in [0, 0.1) is 12.7 Å². The number of amides is 1. The fraction of sp³-hybridized carbons (Fsp3) is 0.308. The summed E-state index contributed by atoms with van der Waals surface area (Å²) in [5, 5.41) is 3.82. The maximum Gasteiger partial charge on any atom is 0.227 e. The predicted molar refractivity (Wildman–Crippen MR) is 65.1 cm³/mol. The molecule has 19 heavy (non-hydrogen) atoms. The second-order valence-corrected chi connectivity index (χ2v) is 4.53. The molecule has 1 aliphatic rings. The Morgan fingerprint density at radius 3 is 2.89 bits per heavy atom. The maximum atomic E-state index is 13.7. The van der Waals surface area contributed by atoms with Gasteiger partial charge in [-0.15, -0.1) is 0 Å². The Balaban J connectivity index is 1.86. The first kappa shape index (κ1) is 11.8. The third-order valence-corrected chi connectivity index (χ3v) is 3.18. The van der Waals surface area contributed by atoms with Gasteiger partial charge < -0.3 is 9.42 Å². The third-order valence-electron chi connectivity index (χ3n) is 3.18. The van der Waals surface area contributed by atoms with Gasteiger partial charge in [-0.1, -0.05) is 17.3 Å². The summed E-state index contributed by atoms with van der Waals surface area (Å²) >= 11 is 0. The summed E-state index contributed by atoms with van der Waals surface area (Å²) in [7, 11) is 0. The van der Waals surface area contributed by atoms with Crippen LogP contribution in [0.25, 0.3) is 0 Å². The van der Waals surface area contributed by atoms with Gasteiger partial charge in [0.05, 0.1) is 5.69 Å². The molecule has 6 heteroatoms. The zero-order valence-corrected chi connectivity index (χ0v) is 10.3. The molecule has 1 aromatic heterocycles. The van der Waals surface area contributed by atoms with Crippen molar-refractivity contribution < 1.29 is 13.7 Å². The van der Waals surface area contributed by atoms with Crippen molar-refractivity contribution in [2.75, 3.05) is 11.4 Å². The summed E-state index contributed by atoms with van der Waals surface area (Å²) in [4.78, 5) is 17.6. The van der Waals surface area contributed by atoms with Gasteiger partial charge >= 0.3 is 0 Å². The minimum absolute atomic E-state index is 0.127. The first-order chi connectivity index (χ1) is 9.15. The van der Waals surface area contributed by atoms with E-state index in [2.05, 4.69) is 10.1 Å². The summed E-state index contributed by atoms with van der Waals surface area (Å²) in [6, 6.07) is 6.24. The number of benzene rings is 1. The molecule has 0 N–H and O–H groups in total. The highest BCUT2D eigenvalue weighted by molar-refractivity contribution is 5.96. The highest BCUT2D eigenvalue weighted by Gasteiger charge is 2.35. The Hall–Kier alpha value is -2.24. The minimum Gasteiger partial charge on any atom is -0.340 e. The van der Waals surface area contributed by atoms with E-state index in [1.807, 2.05) is 0 Å². The van der Waals surface area contributed by atoms with E-state index >= 15 is 0 Å². The molecule has 2 heterocycles. The molecule has 1 saturated heterocycles. The lowest BCUT2D eigenvalue weighted by molar-refractivity contribution is -0.117. The van der Waals surface area contributed by atoms with Gasteiger partial charge in [0.25, 0.3) is 0 Å². The molecule has 0 saturated carbocycles. The molecule has 1 unspecified atom stereocenters. The van der Waals surface area contributed by atoms with E-state index in [-0.39, 0.29) is 18.2 Å². The van der Waals surface area contributed by atoms with Gasteiger partial charge in [0.15, 0.2) is 5.82 Å². The quantitative estimate of drug-likeness (QED) is 0.830. The summed E-state index contributed by atoms with van der Waals surface area (Å²) in [6.45, 7) is 2.07. The number of anilines is 1. The average Bonchev–Trinajstić information content (AvgIpc) is 2.96. The largest absolute Gasteiger partial charge is 0.340 e. The molecule has 98 valence electrons. The molecular formula is C13H12FN3O2. The molecule has 0 aliphatic carbocycles. The summed E-state index contributed by atoms with van der Waals surface area (Å²) < 4.78 is 18.6. The number of carbonyl (C=O) groups excluding carboxylic acids is 1. The van der Waals surface area contributed by atoms with Crippen LogP contribution in [0.3, 0.4) is 0 Å². The lowest BCUT2D eigenvalue weighted by Crippen LogP contribution is -2.25. The van der Waals surface area contributed by atoms with Crippen LogP contribution < -0.4 is 4.90 Å². The topological polar surface area (TPSA) is 59.2 Å². The van der Waals surface area contributed by atoms with Gasteiger partial charge in [0, 0.05) is 25.8 Å². The Kier molecular flexibility index (Phi) is 2.77. The Morgan fingerprint density at radius 2 is 2.21 bits per heavy atom. The van der Waals surface area contributed by atoms with Gasteiger partial charge in [-0.05, 0) is 12.1 Å². The van der Waals surface area contributed by atoms with Crippen LogP contribution in [0.2, 0.25) is 0 Å². The van der Waals surface area contributed by atoms with E-state index in [4.69, 9.17) is 4.52 Å². The monoisotopic (exact) mass is 261 g/mol. The van der Waals surface area contributed by atoms with Crippen LogP contribution in [0.4, 0.5) is 10.1 Å². The van der Waals surface area contributed by atoms with Crippen molar-refractivity contribution in [2.45, 2.75) is 19.3 Å². The van der Waals surface area contributed by atoms with Crippen molar-refractivity contribution in [3.05, 3.63) is 41.8 Å². The standard InChI is InChI=1S/C13H12FN3O2/c1-8-15-13(16-19-8)9-6-12(18)17(7-9)11-5-3-2-4-10(11)14/h2-5,9H,6-7H2,1H3. The summed E-state index contributed by atoms with van der Waals surface area (Å²) in [5.41, 5.74) is 0.301. The molecule has 0 spiro atoms. The van der Waals surface area contributed by atoms with E-state index in [1.54, 1.807) is 25.1 Å². The minimum atomic E-state index is -0.402. The number of para-hydroxylation sites is 1. The van der Waals surface area contributed by atoms with Gasteiger partial charge in [-0.2, -0.15) is 4.98 Å². The number of aromatic nitrogens is 2. The first-order valence-electron chi connectivity index (χ1n) is 6.00. The number of hydrogen-bond donors (Lipinski definition) is 0. The van der Waals surface area contributed by atoms with Crippen molar-refractivity contribution in [3.63, 3.8) is 0 Å². The number of rotatable bonds is 2. The van der Waals surface area contributed by atoms with Crippen LogP contribution in [0.1, 0.15) is 24.1 Å². The molecule has 5 nitrogen and oxygen atoms in total. The molecule has 0 bridgehead atoms. The second-order valence-electron chi connectivity index (χ2n) is 4.53. The molecule has 0 radical (unpaired) electrons. The summed E-state index contributed by atoms with van der Waals surface area (Å²) in [6.07, 6.45) is 0.271. The molecule has 3 rings (SSSR count). The van der Waals surface area contributed by atoms with Gasteiger partial charge in [0.1, 0.15) is 5.82 Å². The Labute approximate surface area is 109 Å². The number of halogens is 1. The molecule has 1 atom stereocenters. The smallest absolute Gasteiger partial charge is 0.227 e. The van der Waals surface area contributed by atoms with Gasteiger partial charge in [-0.25, -0.2) is 4.39 Å². The highest BCUT2D eigenvalue weighted by Crippen LogP contribution is 2.31. The van der Waals surface area contributed by atoms with E-state index in [9.17, 15) is 9.18 Å². The van der Waals surface area contributed by atoms with Crippen LogP contribution in [0.15, 0.2) is 28.8 Å². The molecule has 1 amide bonds.